The Bertz CT molecular complexity index is 1380. The van der Waals surface area contributed by atoms with Crippen LogP contribution in [0.4, 0.5) is 11.6 Å². The summed E-state index contributed by atoms with van der Waals surface area (Å²) in [6, 6.07) is 6.34. The van der Waals surface area contributed by atoms with E-state index in [-0.39, 0.29) is 11.6 Å². The predicted molar refractivity (Wildman–Crippen MR) is 126 cm³/mol. The van der Waals surface area contributed by atoms with Crippen molar-refractivity contribution in [2.45, 2.75) is 51.6 Å². The van der Waals surface area contributed by atoms with Crippen molar-refractivity contribution in [2.75, 3.05) is 11.9 Å². The molecular weight excluding hydrogens is 422 g/mol. The molecule has 0 spiro atoms. The number of anilines is 2. The average molecular weight is 448 g/mol. The Balaban J connectivity index is 1.44. The van der Waals surface area contributed by atoms with Gasteiger partial charge in [-0.3, -0.25) is 4.79 Å². The summed E-state index contributed by atoms with van der Waals surface area (Å²) in [5, 5.41) is 10.1. The number of benzene rings is 1. The second-order valence-corrected chi connectivity index (χ2v) is 9.69. The first-order chi connectivity index (χ1) is 15.6. The normalized spacial score (nSPS) is 16.0. The molecule has 1 saturated carbocycles. The SMILES string of the molecule is CC(C)n1c(=O)c2cnc(Nc3ccc4c(c3)CNCC4)nc2n1-c1nc(C2CC2)cs1. The van der Waals surface area contributed by atoms with E-state index < -0.39 is 0 Å². The first-order valence-electron chi connectivity index (χ1n) is 11.1. The third-order valence-electron chi connectivity index (χ3n) is 6.15. The van der Waals surface area contributed by atoms with Crippen LogP contribution in [0.15, 0.2) is 34.6 Å². The van der Waals surface area contributed by atoms with Crippen LogP contribution in [0.1, 0.15) is 55.5 Å². The number of rotatable bonds is 5. The molecule has 1 aliphatic carbocycles. The number of aromatic nitrogens is 5. The summed E-state index contributed by atoms with van der Waals surface area (Å²) >= 11 is 1.56. The molecular formula is C23H25N7OS. The average Bonchev–Trinajstić information content (AvgIpc) is 3.46. The van der Waals surface area contributed by atoms with Gasteiger partial charge in [0.1, 0.15) is 5.39 Å². The summed E-state index contributed by atoms with van der Waals surface area (Å²) in [5.41, 5.74) is 5.21. The zero-order chi connectivity index (χ0) is 21.8. The lowest BCUT2D eigenvalue weighted by atomic mass is 10.0. The number of nitrogens with zero attached hydrogens (tertiary/aromatic N) is 5. The van der Waals surface area contributed by atoms with Crippen molar-refractivity contribution < 1.29 is 0 Å². The molecule has 32 heavy (non-hydrogen) atoms. The van der Waals surface area contributed by atoms with Crippen LogP contribution in [0.2, 0.25) is 0 Å². The first-order valence-corrected chi connectivity index (χ1v) is 12.0. The molecule has 4 aromatic rings. The van der Waals surface area contributed by atoms with E-state index in [0.29, 0.717) is 22.9 Å². The largest absolute Gasteiger partial charge is 0.324 e. The topological polar surface area (TPSA) is 89.7 Å². The molecule has 9 heteroatoms. The number of nitrogens with one attached hydrogen (secondary N) is 2. The summed E-state index contributed by atoms with van der Waals surface area (Å²) in [6.07, 6.45) is 5.06. The fourth-order valence-corrected chi connectivity index (χ4v) is 5.24. The number of hydrogen-bond donors (Lipinski definition) is 2. The van der Waals surface area contributed by atoms with Crippen molar-refractivity contribution in [3.05, 3.63) is 57.0 Å². The van der Waals surface area contributed by atoms with Crippen molar-refractivity contribution >= 4 is 34.0 Å². The van der Waals surface area contributed by atoms with Crippen LogP contribution >= 0.6 is 11.3 Å². The second-order valence-electron chi connectivity index (χ2n) is 8.85. The second kappa shape index (κ2) is 7.53. The highest BCUT2D eigenvalue weighted by atomic mass is 32.1. The minimum absolute atomic E-state index is 0.0328. The summed E-state index contributed by atoms with van der Waals surface area (Å²) in [7, 11) is 0. The Hall–Kier alpha value is -3.04. The molecule has 0 unspecified atom stereocenters. The van der Waals surface area contributed by atoms with E-state index in [0.717, 1.165) is 36.0 Å². The van der Waals surface area contributed by atoms with Gasteiger partial charge in [-0.25, -0.2) is 19.3 Å². The van der Waals surface area contributed by atoms with Crippen molar-refractivity contribution in [3.63, 3.8) is 0 Å². The van der Waals surface area contributed by atoms with E-state index in [4.69, 9.17) is 9.97 Å². The molecule has 2 N–H and O–H groups in total. The Morgan fingerprint density at radius 3 is 2.91 bits per heavy atom. The van der Waals surface area contributed by atoms with E-state index in [9.17, 15) is 4.79 Å². The van der Waals surface area contributed by atoms with Gasteiger partial charge < -0.3 is 10.6 Å². The Kier molecular flexibility index (Phi) is 4.62. The zero-order valence-corrected chi connectivity index (χ0v) is 18.9. The van der Waals surface area contributed by atoms with Crippen LogP contribution in [0.3, 0.4) is 0 Å². The molecule has 164 valence electrons. The van der Waals surface area contributed by atoms with Crippen molar-refractivity contribution in [1.29, 1.82) is 0 Å². The molecule has 0 radical (unpaired) electrons. The van der Waals surface area contributed by atoms with Gasteiger partial charge in [0.25, 0.3) is 5.56 Å². The highest BCUT2D eigenvalue weighted by molar-refractivity contribution is 7.12. The lowest BCUT2D eigenvalue weighted by Crippen LogP contribution is -2.24. The minimum atomic E-state index is -0.0930. The zero-order valence-electron chi connectivity index (χ0n) is 18.1. The summed E-state index contributed by atoms with van der Waals surface area (Å²) in [4.78, 5) is 27.2. The molecule has 0 atom stereocenters. The molecule has 0 bridgehead atoms. The number of thiazole rings is 1. The van der Waals surface area contributed by atoms with E-state index in [1.165, 1.54) is 24.0 Å². The van der Waals surface area contributed by atoms with E-state index in [2.05, 4.69) is 39.2 Å². The standard InChI is InChI=1S/C23H25N7OS/c1-13(2)29-21(31)18-11-25-22(26-17-6-5-14-7-8-24-10-16(14)9-17)28-20(18)30(29)23-27-19(12-32-23)15-3-4-15/h5-6,9,11-13,15,24H,3-4,7-8,10H2,1-2H3,(H,25,26,28). The highest BCUT2D eigenvalue weighted by Gasteiger charge is 2.28. The van der Waals surface area contributed by atoms with Crippen molar-refractivity contribution in [2.24, 2.45) is 0 Å². The van der Waals surface area contributed by atoms with Gasteiger partial charge in [0.15, 0.2) is 5.65 Å². The van der Waals surface area contributed by atoms with Gasteiger partial charge in [-0.15, -0.1) is 11.3 Å². The van der Waals surface area contributed by atoms with E-state index in [1.807, 2.05) is 18.5 Å². The summed E-state index contributed by atoms with van der Waals surface area (Å²) < 4.78 is 3.59. The minimum Gasteiger partial charge on any atom is -0.324 e. The molecule has 2 aliphatic rings. The molecule has 8 nitrogen and oxygen atoms in total. The number of fused-ring (bicyclic) bond motifs is 2. The third kappa shape index (κ3) is 3.32. The van der Waals surface area contributed by atoms with Gasteiger partial charge in [0, 0.05) is 35.8 Å². The van der Waals surface area contributed by atoms with Crippen LogP contribution in [-0.2, 0) is 13.0 Å². The quantitative estimate of drug-likeness (QED) is 0.483. The van der Waals surface area contributed by atoms with Crippen LogP contribution in [0, 0.1) is 0 Å². The van der Waals surface area contributed by atoms with Crippen molar-refractivity contribution in [1.82, 2.24) is 29.6 Å². The lowest BCUT2D eigenvalue weighted by Gasteiger charge is -2.18. The molecule has 0 amide bonds. The summed E-state index contributed by atoms with van der Waals surface area (Å²) in [5.74, 6) is 1.03. The Morgan fingerprint density at radius 1 is 1.22 bits per heavy atom. The number of hydrogen-bond acceptors (Lipinski definition) is 7. The molecule has 3 aromatic heterocycles. The van der Waals surface area contributed by atoms with E-state index >= 15 is 0 Å². The maximum absolute atomic E-state index is 13.2. The monoisotopic (exact) mass is 447 g/mol. The first kappa shape index (κ1) is 19.6. The van der Waals surface area contributed by atoms with Crippen LogP contribution in [0.25, 0.3) is 16.2 Å². The maximum atomic E-state index is 13.2. The molecule has 1 aliphatic heterocycles. The smallest absolute Gasteiger partial charge is 0.278 e. The predicted octanol–water partition coefficient (Wildman–Crippen LogP) is 3.89. The van der Waals surface area contributed by atoms with Gasteiger partial charge in [-0.2, -0.15) is 4.98 Å². The molecule has 6 rings (SSSR count). The molecule has 0 saturated heterocycles. The van der Waals surface area contributed by atoms with Crippen LogP contribution in [-0.4, -0.2) is 30.9 Å². The molecule has 1 aromatic carbocycles. The van der Waals surface area contributed by atoms with Crippen molar-refractivity contribution in [3.8, 4) is 5.13 Å². The van der Waals surface area contributed by atoms with Crippen LogP contribution < -0.4 is 16.2 Å². The van der Waals surface area contributed by atoms with Gasteiger partial charge in [0.2, 0.25) is 11.1 Å². The van der Waals surface area contributed by atoms with Crippen LogP contribution in [0.5, 0.6) is 0 Å². The van der Waals surface area contributed by atoms with Gasteiger partial charge in [-0.1, -0.05) is 6.07 Å². The summed E-state index contributed by atoms with van der Waals surface area (Å²) in [6.45, 7) is 5.89. The molecule has 4 heterocycles. The third-order valence-corrected chi connectivity index (χ3v) is 6.98. The fraction of sp³-hybridized carbons (Fsp3) is 0.391. The maximum Gasteiger partial charge on any atom is 0.278 e. The molecule has 1 fully saturated rings. The lowest BCUT2D eigenvalue weighted by molar-refractivity contribution is 0.475. The van der Waals surface area contributed by atoms with E-state index in [1.54, 1.807) is 22.2 Å². The van der Waals surface area contributed by atoms with Gasteiger partial charge in [0.05, 0.1) is 5.69 Å². The Morgan fingerprint density at radius 2 is 2.09 bits per heavy atom. The van der Waals surface area contributed by atoms with Gasteiger partial charge in [-0.05, 0) is 62.9 Å². The highest BCUT2D eigenvalue weighted by Crippen LogP contribution is 2.40. The van der Waals surface area contributed by atoms with Gasteiger partial charge >= 0.3 is 0 Å². The fourth-order valence-electron chi connectivity index (χ4n) is 4.34. The Labute approximate surface area is 189 Å².